The number of benzene rings is 1. The lowest BCUT2D eigenvalue weighted by Gasteiger charge is -2.14. The third-order valence-corrected chi connectivity index (χ3v) is 2.88. The predicted molar refractivity (Wildman–Crippen MR) is 67.6 cm³/mol. The van der Waals surface area contributed by atoms with E-state index in [-0.39, 0.29) is 6.42 Å². The van der Waals surface area contributed by atoms with Gasteiger partial charge in [0.05, 0.1) is 19.1 Å². The molecule has 1 rings (SSSR count). The Labute approximate surface area is 107 Å². The van der Waals surface area contributed by atoms with Gasteiger partial charge >= 0.3 is 5.97 Å². The highest BCUT2D eigenvalue weighted by atomic mass is 16.5. The third kappa shape index (κ3) is 3.49. The number of carboxylic acid groups (broad SMARTS) is 1. The number of aliphatic carboxylic acids is 1. The van der Waals surface area contributed by atoms with Crippen LogP contribution < -0.4 is 4.74 Å². The van der Waals surface area contributed by atoms with Crippen molar-refractivity contribution >= 4 is 5.97 Å². The highest BCUT2D eigenvalue weighted by Gasteiger charge is 2.17. The molecule has 1 atom stereocenters. The lowest BCUT2D eigenvalue weighted by Crippen LogP contribution is -2.04. The fraction of sp³-hybridized carbons (Fsp3) is 0.429. The van der Waals surface area contributed by atoms with E-state index in [1.807, 2.05) is 25.1 Å². The molecule has 0 aliphatic rings. The number of rotatable bonds is 6. The number of methoxy groups -OCH3 is 1. The first-order valence-corrected chi connectivity index (χ1v) is 5.90. The van der Waals surface area contributed by atoms with Crippen molar-refractivity contribution in [3.8, 4) is 11.8 Å². The van der Waals surface area contributed by atoms with E-state index in [1.54, 1.807) is 7.11 Å². The average molecular weight is 247 g/mol. The Hall–Kier alpha value is -2.02. The zero-order chi connectivity index (χ0) is 13.5. The van der Waals surface area contributed by atoms with Gasteiger partial charge in [0.15, 0.2) is 0 Å². The van der Waals surface area contributed by atoms with Gasteiger partial charge in [0.1, 0.15) is 5.75 Å². The molecule has 1 aromatic rings. The van der Waals surface area contributed by atoms with Crippen LogP contribution in [0.15, 0.2) is 18.2 Å². The molecule has 0 radical (unpaired) electrons. The second kappa shape index (κ2) is 6.65. The monoisotopic (exact) mass is 247 g/mol. The molecule has 0 fully saturated rings. The number of nitrogens with zero attached hydrogens (tertiary/aromatic N) is 1. The van der Waals surface area contributed by atoms with Crippen molar-refractivity contribution in [2.75, 3.05) is 7.11 Å². The fourth-order valence-corrected chi connectivity index (χ4v) is 1.83. The van der Waals surface area contributed by atoms with Gasteiger partial charge in [0, 0.05) is 12.0 Å². The summed E-state index contributed by atoms with van der Waals surface area (Å²) in [6.07, 6.45) is 1.15. The van der Waals surface area contributed by atoms with Crippen LogP contribution in [0.3, 0.4) is 0 Å². The van der Waals surface area contributed by atoms with Crippen LogP contribution in [0.2, 0.25) is 0 Å². The SMILES string of the molecule is CCc1ccc(OC)c(C(C#N)CCC(=O)O)c1. The zero-order valence-electron chi connectivity index (χ0n) is 10.6. The first kappa shape index (κ1) is 14.0. The molecular weight excluding hydrogens is 230 g/mol. The van der Waals surface area contributed by atoms with Crippen LogP contribution in [0.4, 0.5) is 0 Å². The summed E-state index contributed by atoms with van der Waals surface area (Å²) in [5, 5.41) is 17.9. The largest absolute Gasteiger partial charge is 0.496 e. The summed E-state index contributed by atoms with van der Waals surface area (Å²) in [5.41, 5.74) is 1.89. The third-order valence-electron chi connectivity index (χ3n) is 2.88. The van der Waals surface area contributed by atoms with E-state index in [0.717, 1.165) is 17.5 Å². The maximum Gasteiger partial charge on any atom is 0.303 e. The van der Waals surface area contributed by atoms with Crippen molar-refractivity contribution in [1.82, 2.24) is 0 Å². The minimum atomic E-state index is -0.888. The quantitative estimate of drug-likeness (QED) is 0.839. The molecule has 96 valence electrons. The van der Waals surface area contributed by atoms with Gasteiger partial charge in [-0.05, 0) is 24.5 Å². The Balaban J connectivity index is 3.02. The van der Waals surface area contributed by atoms with E-state index in [9.17, 15) is 10.1 Å². The van der Waals surface area contributed by atoms with Crippen molar-refractivity contribution in [2.24, 2.45) is 0 Å². The summed E-state index contributed by atoms with van der Waals surface area (Å²) >= 11 is 0. The molecule has 0 bridgehead atoms. The minimum absolute atomic E-state index is 0.0161. The van der Waals surface area contributed by atoms with E-state index < -0.39 is 11.9 Å². The second-order valence-electron chi connectivity index (χ2n) is 4.04. The van der Waals surface area contributed by atoms with E-state index >= 15 is 0 Å². The van der Waals surface area contributed by atoms with E-state index in [2.05, 4.69) is 6.07 Å². The van der Waals surface area contributed by atoms with Crippen molar-refractivity contribution in [1.29, 1.82) is 5.26 Å². The van der Waals surface area contributed by atoms with E-state index in [1.165, 1.54) is 0 Å². The highest BCUT2D eigenvalue weighted by molar-refractivity contribution is 5.66. The maximum absolute atomic E-state index is 10.6. The number of hydrogen-bond donors (Lipinski definition) is 1. The number of aryl methyl sites for hydroxylation is 1. The molecule has 0 aliphatic carbocycles. The number of ether oxygens (including phenoxy) is 1. The summed E-state index contributed by atoms with van der Waals surface area (Å²) in [4.78, 5) is 10.6. The topological polar surface area (TPSA) is 70.3 Å². The molecule has 0 heterocycles. The maximum atomic E-state index is 10.6. The first-order chi connectivity index (χ1) is 8.62. The van der Waals surface area contributed by atoms with Gasteiger partial charge < -0.3 is 9.84 Å². The van der Waals surface area contributed by atoms with Crippen molar-refractivity contribution in [3.63, 3.8) is 0 Å². The van der Waals surface area contributed by atoms with Gasteiger partial charge in [-0.1, -0.05) is 19.1 Å². The standard InChI is InChI=1S/C14H17NO3/c1-3-10-4-6-13(18-2)12(8-10)11(9-15)5-7-14(16)17/h4,6,8,11H,3,5,7H2,1-2H3,(H,16,17). The van der Waals surface area contributed by atoms with Gasteiger partial charge in [0.25, 0.3) is 0 Å². The first-order valence-electron chi connectivity index (χ1n) is 5.90. The molecule has 18 heavy (non-hydrogen) atoms. The summed E-state index contributed by atoms with van der Waals surface area (Å²) in [5.74, 6) is -0.687. The molecule has 4 heteroatoms. The summed E-state index contributed by atoms with van der Waals surface area (Å²) in [7, 11) is 1.55. The summed E-state index contributed by atoms with van der Waals surface area (Å²) < 4.78 is 5.24. The van der Waals surface area contributed by atoms with Crippen molar-refractivity contribution < 1.29 is 14.6 Å². The van der Waals surface area contributed by atoms with Crippen molar-refractivity contribution in [2.45, 2.75) is 32.1 Å². The number of nitriles is 1. The molecule has 0 amide bonds. The van der Waals surface area contributed by atoms with Crippen LogP contribution in [0.25, 0.3) is 0 Å². The van der Waals surface area contributed by atoms with Crippen LogP contribution in [-0.2, 0) is 11.2 Å². The molecule has 0 saturated heterocycles. The number of hydrogen-bond acceptors (Lipinski definition) is 3. The Morgan fingerprint density at radius 2 is 2.28 bits per heavy atom. The van der Waals surface area contributed by atoms with E-state index in [0.29, 0.717) is 12.2 Å². The van der Waals surface area contributed by atoms with Gasteiger partial charge in [-0.15, -0.1) is 0 Å². The van der Waals surface area contributed by atoms with E-state index in [4.69, 9.17) is 9.84 Å². The van der Waals surface area contributed by atoms with Crippen molar-refractivity contribution in [3.05, 3.63) is 29.3 Å². The number of carbonyl (C=O) groups is 1. The number of carboxylic acids is 1. The summed E-state index contributed by atoms with van der Waals surface area (Å²) in [6, 6.07) is 7.87. The molecule has 4 nitrogen and oxygen atoms in total. The van der Waals surface area contributed by atoms with Gasteiger partial charge in [-0.3, -0.25) is 4.79 Å². The van der Waals surface area contributed by atoms with Crippen LogP contribution in [0.1, 0.15) is 36.8 Å². The zero-order valence-corrected chi connectivity index (χ0v) is 10.6. The molecule has 0 spiro atoms. The molecule has 1 aromatic carbocycles. The fourth-order valence-electron chi connectivity index (χ4n) is 1.83. The molecule has 1 N–H and O–H groups in total. The lowest BCUT2D eigenvalue weighted by atomic mass is 9.93. The Morgan fingerprint density at radius 1 is 1.56 bits per heavy atom. The Morgan fingerprint density at radius 3 is 2.78 bits per heavy atom. The molecular formula is C14H17NO3. The van der Waals surface area contributed by atoms with Crippen LogP contribution in [0.5, 0.6) is 5.75 Å². The average Bonchev–Trinajstić information content (AvgIpc) is 2.38. The molecule has 0 aromatic heterocycles. The molecule has 0 aliphatic heterocycles. The second-order valence-corrected chi connectivity index (χ2v) is 4.04. The normalized spacial score (nSPS) is 11.6. The highest BCUT2D eigenvalue weighted by Crippen LogP contribution is 2.30. The summed E-state index contributed by atoms with van der Waals surface area (Å²) in [6.45, 7) is 2.03. The van der Waals surface area contributed by atoms with Crippen LogP contribution in [0, 0.1) is 11.3 Å². The minimum Gasteiger partial charge on any atom is -0.496 e. The van der Waals surface area contributed by atoms with Gasteiger partial charge in [0.2, 0.25) is 0 Å². The molecule has 1 unspecified atom stereocenters. The lowest BCUT2D eigenvalue weighted by molar-refractivity contribution is -0.137. The Kier molecular flexibility index (Phi) is 5.19. The van der Waals surface area contributed by atoms with Crippen LogP contribution >= 0.6 is 0 Å². The Bertz CT molecular complexity index is 463. The molecule has 0 saturated carbocycles. The van der Waals surface area contributed by atoms with Gasteiger partial charge in [-0.25, -0.2) is 0 Å². The predicted octanol–water partition coefficient (Wildman–Crippen LogP) is 2.73. The smallest absolute Gasteiger partial charge is 0.303 e. The van der Waals surface area contributed by atoms with Crippen LogP contribution in [-0.4, -0.2) is 18.2 Å². The van der Waals surface area contributed by atoms with Gasteiger partial charge in [-0.2, -0.15) is 5.26 Å².